The second-order valence-electron chi connectivity index (χ2n) is 7.06. The molecule has 0 saturated heterocycles. The Morgan fingerprint density at radius 3 is 2.43 bits per heavy atom. The smallest absolute Gasteiger partial charge is 0.220 e. The van der Waals surface area contributed by atoms with Gasteiger partial charge < -0.3 is 15.2 Å². The molecule has 1 aliphatic rings. The van der Waals surface area contributed by atoms with E-state index < -0.39 is 0 Å². The minimum Gasteiger partial charge on any atom is -0.363 e. The van der Waals surface area contributed by atoms with E-state index in [4.69, 9.17) is 4.52 Å². The molecule has 1 rings (SSSR count). The SMILES string of the molecule is CPOCCCCCCNC(=O)CCCCCNC(=O)CCSSC1CC=CC=N1. The third kappa shape index (κ3) is 17.2. The minimum atomic E-state index is 0.106. The maximum atomic E-state index is 11.8. The Hall–Kier alpha value is -0.560. The average molecular weight is 476 g/mol. The average Bonchev–Trinajstić information content (AvgIpc) is 2.76. The number of allylic oxidation sites excluding steroid dienone is 1. The molecular weight excluding hydrogens is 437 g/mol. The molecule has 9 heteroatoms. The van der Waals surface area contributed by atoms with Gasteiger partial charge in [-0.05, 0) is 44.8 Å². The van der Waals surface area contributed by atoms with Crippen LogP contribution in [0.1, 0.15) is 64.2 Å². The van der Waals surface area contributed by atoms with E-state index in [1.807, 2.05) is 19.0 Å². The van der Waals surface area contributed by atoms with E-state index in [0.717, 1.165) is 70.3 Å². The molecule has 0 aromatic carbocycles. The number of nitrogens with one attached hydrogen (secondary N) is 2. The highest BCUT2D eigenvalue weighted by atomic mass is 33.1. The fraction of sp³-hybridized carbons (Fsp3) is 0.762. The zero-order chi connectivity index (χ0) is 21.7. The Bertz CT molecular complexity index is 522. The van der Waals surface area contributed by atoms with Gasteiger partial charge in [0, 0.05) is 46.7 Å². The first-order valence-electron chi connectivity index (χ1n) is 11.0. The predicted molar refractivity (Wildman–Crippen MR) is 134 cm³/mol. The molecule has 6 nitrogen and oxygen atoms in total. The predicted octanol–water partition coefficient (Wildman–Crippen LogP) is 4.71. The number of aliphatic imine (C=N–C) groups is 1. The summed E-state index contributed by atoms with van der Waals surface area (Å²) in [6.45, 7) is 4.36. The fourth-order valence-corrected chi connectivity index (χ4v) is 5.34. The summed E-state index contributed by atoms with van der Waals surface area (Å²) in [6.07, 6.45) is 15.2. The van der Waals surface area contributed by atoms with Gasteiger partial charge >= 0.3 is 0 Å². The zero-order valence-corrected chi connectivity index (χ0v) is 20.8. The largest absolute Gasteiger partial charge is 0.363 e. The Morgan fingerprint density at radius 2 is 1.73 bits per heavy atom. The van der Waals surface area contributed by atoms with Gasteiger partial charge in [0.1, 0.15) is 5.37 Å². The summed E-state index contributed by atoms with van der Waals surface area (Å²) in [7, 11) is 4.02. The standard InChI is InChI=1S/C21H38N3O3PS2/c1-28-27-17-10-3-2-7-14-22-19(25)11-5-4-8-15-23-20(26)13-18-29-30-21-12-6-9-16-24-21/h6,9,16,21,28H,2-5,7-8,10-15,17-18H2,1H3,(H,22,25)(H,23,26). The third-order valence-electron chi connectivity index (χ3n) is 4.45. The molecule has 1 aliphatic heterocycles. The van der Waals surface area contributed by atoms with Crippen molar-refractivity contribution in [3.8, 4) is 0 Å². The molecule has 2 atom stereocenters. The van der Waals surface area contributed by atoms with E-state index in [0.29, 0.717) is 28.2 Å². The van der Waals surface area contributed by atoms with Crippen LogP contribution in [-0.4, -0.2) is 55.5 Å². The molecule has 172 valence electrons. The van der Waals surface area contributed by atoms with Crippen LogP contribution in [0.25, 0.3) is 0 Å². The van der Waals surface area contributed by atoms with Crippen LogP contribution in [0.15, 0.2) is 17.1 Å². The van der Waals surface area contributed by atoms with Crippen LogP contribution in [0.3, 0.4) is 0 Å². The van der Waals surface area contributed by atoms with E-state index in [-0.39, 0.29) is 17.2 Å². The number of carbonyl (C=O) groups is 2. The van der Waals surface area contributed by atoms with E-state index >= 15 is 0 Å². The first-order chi connectivity index (χ1) is 14.7. The molecule has 0 bridgehead atoms. The molecule has 0 radical (unpaired) electrons. The van der Waals surface area contributed by atoms with Crippen molar-refractivity contribution in [2.45, 2.75) is 69.6 Å². The summed E-state index contributed by atoms with van der Waals surface area (Å²) >= 11 is 0. The van der Waals surface area contributed by atoms with Crippen molar-refractivity contribution in [3.63, 3.8) is 0 Å². The van der Waals surface area contributed by atoms with E-state index in [1.165, 1.54) is 0 Å². The van der Waals surface area contributed by atoms with Gasteiger partial charge in [-0.2, -0.15) is 0 Å². The van der Waals surface area contributed by atoms with Gasteiger partial charge in [-0.1, -0.05) is 46.9 Å². The molecule has 0 aromatic rings. The number of nitrogens with zero attached hydrogens (tertiary/aromatic N) is 1. The lowest BCUT2D eigenvalue weighted by Gasteiger charge is -2.10. The highest BCUT2D eigenvalue weighted by molar-refractivity contribution is 8.76. The lowest BCUT2D eigenvalue weighted by molar-refractivity contribution is -0.122. The highest BCUT2D eigenvalue weighted by Crippen LogP contribution is 2.31. The molecule has 0 saturated carbocycles. The van der Waals surface area contributed by atoms with Gasteiger partial charge in [0.15, 0.2) is 0 Å². The normalized spacial score (nSPS) is 15.7. The molecule has 1 heterocycles. The lowest BCUT2D eigenvalue weighted by Crippen LogP contribution is -2.25. The number of unbranched alkanes of at least 4 members (excludes halogenated alkanes) is 5. The summed E-state index contributed by atoms with van der Waals surface area (Å²) in [5, 5.41) is 6.24. The Balaban J connectivity index is 1.81. The molecule has 2 amide bonds. The molecule has 0 fully saturated rings. The molecule has 2 N–H and O–H groups in total. The number of hydrogen-bond acceptors (Lipinski definition) is 6. The van der Waals surface area contributed by atoms with E-state index in [9.17, 15) is 9.59 Å². The van der Waals surface area contributed by atoms with Crippen LogP contribution in [0, 0.1) is 0 Å². The second kappa shape index (κ2) is 20.3. The number of carbonyl (C=O) groups excluding carboxylic acids is 2. The number of dihydropyridines is 1. The summed E-state index contributed by atoms with van der Waals surface area (Å²) in [6, 6.07) is 0. The first kappa shape index (κ1) is 27.5. The van der Waals surface area contributed by atoms with Crippen molar-refractivity contribution >= 4 is 48.4 Å². The maximum Gasteiger partial charge on any atom is 0.220 e. The maximum absolute atomic E-state index is 11.8. The molecule has 0 aromatic heterocycles. The van der Waals surface area contributed by atoms with Crippen LogP contribution in [0.4, 0.5) is 0 Å². The van der Waals surface area contributed by atoms with Crippen molar-refractivity contribution in [3.05, 3.63) is 12.2 Å². The minimum absolute atomic E-state index is 0.106. The Morgan fingerprint density at radius 1 is 1.03 bits per heavy atom. The Kier molecular flexibility index (Phi) is 18.6. The number of hydrogen-bond donors (Lipinski definition) is 2. The van der Waals surface area contributed by atoms with Crippen LogP contribution in [0.2, 0.25) is 0 Å². The summed E-state index contributed by atoms with van der Waals surface area (Å²) in [5.41, 5.74) is 0. The summed E-state index contributed by atoms with van der Waals surface area (Å²) in [5.74, 6) is 1.05. The highest BCUT2D eigenvalue weighted by Gasteiger charge is 2.08. The van der Waals surface area contributed by atoms with Gasteiger partial charge in [-0.3, -0.25) is 14.6 Å². The number of amides is 2. The molecule has 30 heavy (non-hydrogen) atoms. The van der Waals surface area contributed by atoms with Crippen molar-refractivity contribution in [1.82, 2.24) is 10.6 Å². The van der Waals surface area contributed by atoms with Crippen LogP contribution >= 0.6 is 30.4 Å². The molecular formula is C21H38N3O3PS2. The van der Waals surface area contributed by atoms with Gasteiger partial charge in [-0.15, -0.1) is 0 Å². The fourth-order valence-electron chi connectivity index (χ4n) is 2.76. The van der Waals surface area contributed by atoms with E-state index in [2.05, 4.69) is 21.7 Å². The topological polar surface area (TPSA) is 79.8 Å². The Labute approximate surface area is 191 Å². The summed E-state index contributed by atoms with van der Waals surface area (Å²) < 4.78 is 5.33. The van der Waals surface area contributed by atoms with Crippen molar-refractivity contribution in [1.29, 1.82) is 0 Å². The van der Waals surface area contributed by atoms with Crippen LogP contribution < -0.4 is 10.6 Å². The van der Waals surface area contributed by atoms with Crippen LogP contribution in [0.5, 0.6) is 0 Å². The quantitative estimate of drug-likeness (QED) is 0.161. The second-order valence-corrected chi connectivity index (χ2v) is 10.4. The van der Waals surface area contributed by atoms with Gasteiger partial charge in [0.2, 0.25) is 11.8 Å². The molecule has 0 spiro atoms. The van der Waals surface area contributed by atoms with Gasteiger partial charge in [0.05, 0.1) is 6.61 Å². The lowest BCUT2D eigenvalue weighted by atomic mass is 10.1. The molecule has 2 unspecified atom stereocenters. The van der Waals surface area contributed by atoms with E-state index in [1.54, 1.807) is 21.6 Å². The zero-order valence-electron chi connectivity index (χ0n) is 18.2. The summed E-state index contributed by atoms with van der Waals surface area (Å²) in [4.78, 5) is 28.0. The van der Waals surface area contributed by atoms with Gasteiger partial charge in [0.25, 0.3) is 0 Å². The van der Waals surface area contributed by atoms with Crippen LogP contribution in [-0.2, 0) is 14.1 Å². The van der Waals surface area contributed by atoms with Crippen molar-refractivity contribution in [2.75, 3.05) is 32.1 Å². The van der Waals surface area contributed by atoms with Crippen molar-refractivity contribution in [2.24, 2.45) is 4.99 Å². The number of rotatable bonds is 19. The van der Waals surface area contributed by atoms with Crippen molar-refractivity contribution < 1.29 is 14.1 Å². The third-order valence-corrected chi connectivity index (χ3v) is 7.56. The first-order valence-corrected chi connectivity index (χ1v) is 14.8. The van der Waals surface area contributed by atoms with Gasteiger partial charge in [-0.25, -0.2) is 0 Å². The monoisotopic (exact) mass is 475 g/mol. The molecule has 0 aliphatic carbocycles.